The maximum Gasteiger partial charge on any atom is 0.316 e. The van der Waals surface area contributed by atoms with Crippen LogP contribution in [0.25, 0.3) is 0 Å². The molecule has 1 saturated carbocycles. The van der Waals surface area contributed by atoms with Gasteiger partial charge in [0.1, 0.15) is 5.92 Å². The van der Waals surface area contributed by atoms with Crippen molar-refractivity contribution in [2.75, 3.05) is 13.1 Å². The van der Waals surface area contributed by atoms with Gasteiger partial charge in [-0.2, -0.15) is 0 Å². The number of carbonyl (C=O) groups excluding carboxylic acids is 1. The molecule has 0 spiro atoms. The van der Waals surface area contributed by atoms with Gasteiger partial charge in [0.25, 0.3) is 0 Å². The second-order valence-corrected chi connectivity index (χ2v) is 6.36. The van der Waals surface area contributed by atoms with Crippen molar-refractivity contribution >= 4 is 11.9 Å². The molecular weight excluding hydrogens is 230 g/mol. The van der Waals surface area contributed by atoms with Gasteiger partial charge in [-0.3, -0.25) is 9.59 Å². The van der Waals surface area contributed by atoms with Crippen LogP contribution in [0.1, 0.15) is 47.0 Å². The number of carboxylic acid groups (broad SMARTS) is 1. The molecule has 1 aliphatic rings. The second-order valence-electron chi connectivity index (χ2n) is 6.36. The normalized spacial score (nSPS) is 17.3. The van der Waals surface area contributed by atoms with Crippen molar-refractivity contribution in [1.29, 1.82) is 0 Å². The highest BCUT2D eigenvalue weighted by molar-refractivity contribution is 5.97. The quantitative estimate of drug-likeness (QED) is 0.741. The van der Waals surface area contributed by atoms with E-state index in [1.54, 1.807) is 4.90 Å². The van der Waals surface area contributed by atoms with E-state index in [1.165, 1.54) is 12.8 Å². The van der Waals surface area contributed by atoms with E-state index in [0.29, 0.717) is 12.5 Å². The molecule has 4 nitrogen and oxygen atoms in total. The van der Waals surface area contributed by atoms with Crippen molar-refractivity contribution in [2.24, 2.45) is 17.3 Å². The lowest BCUT2D eigenvalue weighted by Gasteiger charge is -2.32. The third-order valence-corrected chi connectivity index (χ3v) is 3.34. The molecule has 1 fully saturated rings. The van der Waals surface area contributed by atoms with Gasteiger partial charge in [0.2, 0.25) is 5.91 Å². The molecule has 0 saturated heterocycles. The lowest BCUT2D eigenvalue weighted by atomic mass is 9.79. The maximum absolute atomic E-state index is 12.4. The Morgan fingerprint density at radius 3 is 2.22 bits per heavy atom. The third-order valence-electron chi connectivity index (χ3n) is 3.34. The van der Waals surface area contributed by atoms with Crippen LogP contribution in [0.15, 0.2) is 0 Å². The Hall–Kier alpha value is -1.06. The highest BCUT2D eigenvalue weighted by Gasteiger charge is 2.41. The molecule has 1 amide bonds. The summed E-state index contributed by atoms with van der Waals surface area (Å²) in [7, 11) is 0. The average molecular weight is 255 g/mol. The van der Waals surface area contributed by atoms with E-state index in [4.69, 9.17) is 0 Å². The maximum atomic E-state index is 12.4. The first kappa shape index (κ1) is 15.0. The minimum Gasteiger partial charge on any atom is -0.481 e. The zero-order chi connectivity index (χ0) is 13.9. The topological polar surface area (TPSA) is 57.6 Å². The highest BCUT2D eigenvalue weighted by atomic mass is 16.4. The van der Waals surface area contributed by atoms with E-state index < -0.39 is 17.3 Å². The Kier molecular flexibility index (Phi) is 4.77. The van der Waals surface area contributed by atoms with Crippen molar-refractivity contribution < 1.29 is 14.7 Å². The molecule has 104 valence electrons. The molecule has 1 N–H and O–H groups in total. The highest BCUT2D eigenvalue weighted by Crippen LogP contribution is 2.32. The molecule has 0 aromatic heterocycles. The Morgan fingerprint density at radius 1 is 1.33 bits per heavy atom. The van der Waals surface area contributed by atoms with Crippen LogP contribution in [0.2, 0.25) is 0 Å². The molecule has 1 atom stereocenters. The molecule has 0 heterocycles. The molecule has 4 heteroatoms. The Bertz CT molecular complexity index is 315. The lowest BCUT2D eigenvalue weighted by Crippen LogP contribution is -2.46. The van der Waals surface area contributed by atoms with E-state index in [1.807, 2.05) is 27.7 Å². The average Bonchev–Trinajstić information content (AvgIpc) is 2.97. The molecule has 0 bridgehead atoms. The van der Waals surface area contributed by atoms with Gasteiger partial charge in [-0.25, -0.2) is 0 Å². The minimum atomic E-state index is -1.01. The summed E-state index contributed by atoms with van der Waals surface area (Å²) in [5.41, 5.74) is -0.543. The first-order chi connectivity index (χ1) is 8.27. The summed E-state index contributed by atoms with van der Waals surface area (Å²) in [6.07, 6.45) is 3.20. The van der Waals surface area contributed by atoms with E-state index in [-0.39, 0.29) is 5.91 Å². The third kappa shape index (κ3) is 4.00. The number of carbonyl (C=O) groups is 2. The first-order valence-corrected chi connectivity index (χ1v) is 6.79. The number of nitrogens with zero attached hydrogens (tertiary/aromatic N) is 1. The molecule has 1 aliphatic carbocycles. The summed E-state index contributed by atoms with van der Waals surface area (Å²) in [4.78, 5) is 25.5. The summed E-state index contributed by atoms with van der Waals surface area (Å²) in [6.45, 7) is 8.84. The predicted octanol–water partition coefficient (Wildman–Crippen LogP) is 2.38. The molecule has 1 rings (SSSR count). The number of rotatable bonds is 6. The van der Waals surface area contributed by atoms with Gasteiger partial charge in [0, 0.05) is 13.1 Å². The number of carboxylic acids is 1. The van der Waals surface area contributed by atoms with E-state index in [0.717, 1.165) is 13.0 Å². The summed E-state index contributed by atoms with van der Waals surface area (Å²) in [5, 5.41) is 9.30. The van der Waals surface area contributed by atoms with Gasteiger partial charge in [-0.15, -0.1) is 0 Å². The lowest BCUT2D eigenvalue weighted by molar-refractivity contribution is -0.156. The van der Waals surface area contributed by atoms with E-state index in [9.17, 15) is 14.7 Å². The van der Waals surface area contributed by atoms with Crippen molar-refractivity contribution in [3.8, 4) is 0 Å². The van der Waals surface area contributed by atoms with Crippen LogP contribution < -0.4 is 0 Å². The summed E-state index contributed by atoms with van der Waals surface area (Å²) in [6, 6.07) is 0. The van der Waals surface area contributed by atoms with Crippen molar-refractivity contribution in [1.82, 2.24) is 4.90 Å². The standard InChI is InChI=1S/C14H25NO3/c1-5-8-15(9-10-6-7-10)12(16)11(13(17)18)14(2,3)4/h10-11H,5-9H2,1-4H3,(H,17,18). The molecule has 18 heavy (non-hydrogen) atoms. The summed E-state index contributed by atoms with van der Waals surface area (Å²) in [5.74, 6) is -1.58. The van der Waals surface area contributed by atoms with Gasteiger partial charge in [0.05, 0.1) is 0 Å². The second kappa shape index (κ2) is 5.72. The van der Waals surface area contributed by atoms with Crippen LogP contribution in [-0.4, -0.2) is 35.0 Å². The summed E-state index contributed by atoms with van der Waals surface area (Å²) >= 11 is 0. The zero-order valence-electron chi connectivity index (χ0n) is 11.9. The molecule has 0 aromatic carbocycles. The van der Waals surface area contributed by atoms with Crippen LogP contribution >= 0.6 is 0 Å². The number of amides is 1. The molecule has 0 radical (unpaired) electrons. The Labute approximate surface area is 109 Å². The van der Waals surface area contributed by atoms with Crippen LogP contribution in [-0.2, 0) is 9.59 Å². The predicted molar refractivity (Wildman–Crippen MR) is 70.2 cm³/mol. The molecule has 0 aromatic rings. The molecule has 1 unspecified atom stereocenters. The number of aliphatic carboxylic acids is 1. The number of hydrogen-bond acceptors (Lipinski definition) is 2. The first-order valence-electron chi connectivity index (χ1n) is 6.79. The van der Waals surface area contributed by atoms with Crippen molar-refractivity contribution in [3.63, 3.8) is 0 Å². The fraction of sp³-hybridized carbons (Fsp3) is 0.857. The van der Waals surface area contributed by atoms with E-state index in [2.05, 4.69) is 0 Å². The van der Waals surface area contributed by atoms with Gasteiger partial charge in [-0.05, 0) is 30.6 Å². The van der Waals surface area contributed by atoms with Crippen LogP contribution in [0.5, 0.6) is 0 Å². The SMILES string of the molecule is CCCN(CC1CC1)C(=O)C(C(=O)O)C(C)(C)C. The smallest absolute Gasteiger partial charge is 0.316 e. The fourth-order valence-corrected chi connectivity index (χ4v) is 2.20. The van der Waals surface area contributed by atoms with E-state index >= 15 is 0 Å². The van der Waals surface area contributed by atoms with Gasteiger partial charge in [-0.1, -0.05) is 27.7 Å². The Balaban J connectivity index is 2.79. The minimum absolute atomic E-state index is 0.219. The molecular formula is C14H25NO3. The van der Waals surface area contributed by atoms with Crippen molar-refractivity contribution in [2.45, 2.75) is 47.0 Å². The number of hydrogen-bond donors (Lipinski definition) is 1. The van der Waals surface area contributed by atoms with Gasteiger partial charge < -0.3 is 10.0 Å². The van der Waals surface area contributed by atoms with Gasteiger partial charge in [0.15, 0.2) is 0 Å². The molecule has 0 aliphatic heterocycles. The monoisotopic (exact) mass is 255 g/mol. The van der Waals surface area contributed by atoms with Crippen LogP contribution in [0.3, 0.4) is 0 Å². The largest absolute Gasteiger partial charge is 0.481 e. The van der Waals surface area contributed by atoms with Gasteiger partial charge >= 0.3 is 5.97 Å². The fourth-order valence-electron chi connectivity index (χ4n) is 2.20. The summed E-state index contributed by atoms with van der Waals surface area (Å²) < 4.78 is 0. The van der Waals surface area contributed by atoms with Crippen LogP contribution in [0, 0.1) is 17.3 Å². The van der Waals surface area contributed by atoms with Crippen LogP contribution in [0.4, 0.5) is 0 Å². The zero-order valence-corrected chi connectivity index (χ0v) is 11.9. The van der Waals surface area contributed by atoms with Crippen molar-refractivity contribution in [3.05, 3.63) is 0 Å². The Morgan fingerprint density at radius 2 is 1.89 bits per heavy atom.